The molecular formula is C10H18N4. The Labute approximate surface area is 84.9 Å². The van der Waals surface area contributed by atoms with E-state index in [4.69, 9.17) is 0 Å². The van der Waals surface area contributed by atoms with E-state index in [1.807, 2.05) is 12.4 Å². The number of hydrazine groups is 1. The second-order valence-electron chi connectivity index (χ2n) is 3.84. The third-order valence-corrected chi connectivity index (χ3v) is 2.67. The Hall–Kier alpha value is -0.840. The van der Waals surface area contributed by atoms with Crippen LogP contribution < -0.4 is 5.43 Å². The number of H-pyrrole nitrogens is 1. The van der Waals surface area contributed by atoms with Gasteiger partial charge in [0.2, 0.25) is 0 Å². The summed E-state index contributed by atoms with van der Waals surface area (Å²) in [7, 11) is 2.17. The summed E-state index contributed by atoms with van der Waals surface area (Å²) in [5.41, 5.74) is 4.74. The molecule has 1 aromatic heterocycles. The lowest BCUT2D eigenvalue weighted by atomic mass is 10.3. The quantitative estimate of drug-likeness (QED) is 0.724. The minimum atomic E-state index is 0.924. The van der Waals surface area contributed by atoms with E-state index in [1.54, 1.807) is 0 Å². The minimum Gasteiger partial charge on any atom is -0.367 e. The van der Waals surface area contributed by atoms with Gasteiger partial charge in [-0.2, -0.15) is 0 Å². The highest BCUT2D eigenvalue weighted by atomic mass is 15.5. The van der Waals surface area contributed by atoms with Crippen molar-refractivity contribution in [2.45, 2.75) is 6.54 Å². The van der Waals surface area contributed by atoms with E-state index in [0.29, 0.717) is 0 Å². The van der Waals surface area contributed by atoms with E-state index in [0.717, 1.165) is 32.7 Å². The molecule has 4 heteroatoms. The molecule has 78 valence electrons. The molecule has 0 saturated carbocycles. The van der Waals surface area contributed by atoms with Gasteiger partial charge in [-0.3, -0.25) is 5.43 Å². The molecule has 0 atom stereocenters. The van der Waals surface area contributed by atoms with Gasteiger partial charge in [-0.1, -0.05) is 0 Å². The molecule has 0 bridgehead atoms. The summed E-state index contributed by atoms with van der Waals surface area (Å²) in [5.74, 6) is 0. The van der Waals surface area contributed by atoms with Gasteiger partial charge in [0.1, 0.15) is 0 Å². The molecule has 0 radical (unpaired) electrons. The number of nitrogens with zero attached hydrogens (tertiary/aromatic N) is 2. The highest BCUT2D eigenvalue weighted by molar-refractivity contribution is 5.07. The van der Waals surface area contributed by atoms with Crippen molar-refractivity contribution in [2.24, 2.45) is 0 Å². The number of aromatic nitrogens is 1. The molecule has 0 aliphatic carbocycles. The Morgan fingerprint density at radius 2 is 2.14 bits per heavy atom. The van der Waals surface area contributed by atoms with Gasteiger partial charge in [0.05, 0.1) is 0 Å². The molecule has 14 heavy (non-hydrogen) atoms. The monoisotopic (exact) mass is 194 g/mol. The first kappa shape index (κ1) is 9.71. The fourth-order valence-electron chi connectivity index (χ4n) is 1.64. The first-order valence-electron chi connectivity index (χ1n) is 5.13. The van der Waals surface area contributed by atoms with E-state index < -0.39 is 0 Å². The third-order valence-electron chi connectivity index (χ3n) is 2.67. The lowest BCUT2D eigenvalue weighted by molar-refractivity contribution is 0.102. The van der Waals surface area contributed by atoms with Crippen LogP contribution in [0, 0.1) is 0 Å². The van der Waals surface area contributed by atoms with Gasteiger partial charge in [-0.25, -0.2) is 5.01 Å². The highest BCUT2D eigenvalue weighted by Gasteiger charge is 2.12. The lowest BCUT2D eigenvalue weighted by Gasteiger charge is -2.32. The summed E-state index contributed by atoms with van der Waals surface area (Å²) in [5, 5.41) is 2.30. The van der Waals surface area contributed by atoms with Crippen molar-refractivity contribution in [1.82, 2.24) is 20.3 Å². The number of rotatable bonds is 3. The molecule has 2 rings (SSSR count). The number of piperazine rings is 1. The molecule has 0 unspecified atom stereocenters. The molecule has 2 heterocycles. The van der Waals surface area contributed by atoms with Gasteiger partial charge in [0, 0.05) is 45.1 Å². The van der Waals surface area contributed by atoms with Gasteiger partial charge in [-0.05, 0) is 18.7 Å². The summed E-state index contributed by atoms with van der Waals surface area (Å²) in [4.78, 5) is 5.41. The van der Waals surface area contributed by atoms with Crippen LogP contribution in [0.1, 0.15) is 5.56 Å². The van der Waals surface area contributed by atoms with E-state index in [1.165, 1.54) is 5.56 Å². The predicted octanol–water partition coefficient (Wildman–Crippen LogP) is 0.267. The predicted molar refractivity (Wildman–Crippen MR) is 56.7 cm³/mol. The molecule has 0 aromatic carbocycles. The number of likely N-dealkylation sites (N-methyl/N-ethyl adjacent to an activating group) is 1. The van der Waals surface area contributed by atoms with Crippen LogP contribution in [0.2, 0.25) is 0 Å². The van der Waals surface area contributed by atoms with Crippen molar-refractivity contribution < 1.29 is 0 Å². The largest absolute Gasteiger partial charge is 0.367 e. The molecule has 1 aliphatic rings. The molecule has 0 spiro atoms. The zero-order valence-electron chi connectivity index (χ0n) is 8.66. The number of hydrogen-bond donors (Lipinski definition) is 2. The zero-order chi connectivity index (χ0) is 9.80. The molecule has 1 aromatic rings. The van der Waals surface area contributed by atoms with Crippen molar-refractivity contribution in [3.05, 3.63) is 24.0 Å². The number of hydrogen-bond acceptors (Lipinski definition) is 3. The summed E-state index contributed by atoms with van der Waals surface area (Å²) >= 11 is 0. The van der Waals surface area contributed by atoms with E-state index in [9.17, 15) is 0 Å². The molecule has 0 amide bonds. The summed E-state index contributed by atoms with van der Waals surface area (Å²) in [6, 6.07) is 2.10. The second kappa shape index (κ2) is 4.59. The van der Waals surface area contributed by atoms with Crippen LogP contribution in [0.15, 0.2) is 18.5 Å². The number of aromatic amines is 1. The van der Waals surface area contributed by atoms with Crippen LogP contribution in [0.25, 0.3) is 0 Å². The van der Waals surface area contributed by atoms with Crippen molar-refractivity contribution in [3.8, 4) is 0 Å². The summed E-state index contributed by atoms with van der Waals surface area (Å²) in [6.07, 6.45) is 3.99. The SMILES string of the molecule is CN1CCN(NCc2cc[nH]c2)CC1. The highest BCUT2D eigenvalue weighted by Crippen LogP contribution is 1.99. The molecule has 1 aliphatic heterocycles. The van der Waals surface area contributed by atoms with E-state index >= 15 is 0 Å². The fourth-order valence-corrected chi connectivity index (χ4v) is 1.64. The average molecular weight is 194 g/mol. The van der Waals surface area contributed by atoms with Gasteiger partial charge in [0.25, 0.3) is 0 Å². The zero-order valence-corrected chi connectivity index (χ0v) is 8.66. The number of nitrogens with one attached hydrogen (secondary N) is 2. The maximum atomic E-state index is 3.43. The first-order valence-corrected chi connectivity index (χ1v) is 5.13. The first-order chi connectivity index (χ1) is 6.84. The normalized spacial score (nSPS) is 20.1. The van der Waals surface area contributed by atoms with E-state index in [-0.39, 0.29) is 0 Å². The maximum Gasteiger partial charge on any atom is 0.0368 e. The fraction of sp³-hybridized carbons (Fsp3) is 0.600. The van der Waals surface area contributed by atoms with Gasteiger partial charge in [-0.15, -0.1) is 0 Å². The standard InChI is InChI=1S/C10H18N4/c1-13-4-6-14(7-5-13)12-9-10-2-3-11-8-10/h2-3,8,11-12H,4-7,9H2,1H3. The van der Waals surface area contributed by atoms with Crippen LogP contribution in [-0.4, -0.2) is 48.1 Å². The van der Waals surface area contributed by atoms with Crippen LogP contribution in [0.4, 0.5) is 0 Å². The Morgan fingerprint density at radius 3 is 2.79 bits per heavy atom. The molecular weight excluding hydrogens is 176 g/mol. The Balaban J connectivity index is 1.71. The van der Waals surface area contributed by atoms with Gasteiger partial charge < -0.3 is 9.88 Å². The van der Waals surface area contributed by atoms with Gasteiger partial charge in [0.15, 0.2) is 0 Å². The van der Waals surface area contributed by atoms with E-state index in [2.05, 4.69) is 33.4 Å². The summed E-state index contributed by atoms with van der Waals surface area (Å²) in [6.45, 7) is 5.45. The van der Waals surface area contributed by atoms with Crippen molar-refractivity contribution in [2.75, 3.05) is 33.2 Å². The third kappa shape index (κ3) is 2.57. The van der Waals surface area contributed by atoms with Gasteiger partial charge >= 0.3 is 0 Å². The Bertz CT molecular complexity index is 249. The summed E-state index contributed by atoms with van der Waals surface area (Å²) < 4.78 is 0. The Morgan fingerprint density at radius 1 is 1.36 bits per heavy atom. The smallest absolute Gasteiger partial charge is 0.0368 e. The van der Waals surface area contributed by atoms with Crippen molar-refractivity contribution >= 4 is 0 Å². The van der Waals surface area contributed by atoms with Crippen LogP contribution >= 0.6 is 0 Å². The minimum absolute atomic E-state index is 0.924. The Kier molecular flexibility index (Phi) is 3.18. The topological polar surface area (TPSA) is 34.3 Å². The maximum absolute atomic E-state index is 3.43. The van der Waals surface area contributed by atoms with Crippen molar-refractivity contribution in [3.63, 3.8) is 0 Å². The average Bonchev–Trinajstić information content (AvgIpc) is 2.70. The molecule has 1 saturated heterocycles. The van der Waals surface area contributed by atoms with Crippen LogP contribution in [0.3, 0.4) is 0 Å². The second-order valence-corrected chi connectivity index (χ2v) is 3.84. The molecule has 2 N–H and O–H groups in total. The van der Waals surface area contributed by atoms with Crippen LogP contribution in [0.5, 0.6) is 0 Å². The molecule has 4 nitrogen and oxygen atoms in total. The molecule has 1 fully saturated rings. The van der Waals surface area contributed by atoms with Crippen molar-refractivity contribution in [1.29, 1.82) is 0 Å². The van der Waals surface area contributed by atoms with Crippen LogP contribution in [-0.2, 0) is 6.54 Å². The lowest BCUT2D eigenvalue weighted by Crippen LogP contribution is -2.50.